The molecule has 0 aliphatic carbocycles. The second-order valence-electron chi connectivity index (χ2n) is 8.58. The number of halogens is 4. The van der Waals surface area contributed by atoms with Gasteiger partial charge in [0.25, 0.3) is 17.4 Å². The van der Waals surface area contributed by atoms with E-state index in [2.05, 4.69) is 14.9 Å². The Bertz CT molecular complexity index is 1140. The molecule has 5 nitrogen and oxygen atoms in total. The van der Waals surface area contributed by atoms with Gasteiger partial charge in [-0.25, -0.2) is 13.8 Å². The van der Waals surface area contributed by atoms with Crippen molar-refractivity contribution in [1.82, 2.24) is 19.4 Å². The van der Waals surface area contributed by atoms with Gasteiger partial charge in [0.05, 0.1) is 0 Å². The van der Waals surface area contributed by atoms with E-state index in [9.17, 15) is 22.4 Å². The zero-order valence-corrected chi connectivity index (χ0v) is 19.4. The van der Waals surface area contributed by atoms with Crippen molar-refractivity contribution in [3.63, 3.8) is 0 Å². The number of fused-ring (bicyclic) bond motifs is 1. The molecule has 33 heavy (non-hydrogen) atoms. The van der Waals surface area contributed by atoms with Gasteiger partial charge in [0.15, 0.2) is 0 Å². The first-order chi connectivity index (χ1) is 15.3. The zero-order chi connectivity index (χ0) is 24.6. The molecule has 0 N–H and O–H groups in total. The molecular weight excluding hydrogens is 436 g/mol. The van der Waals surface area contributed by atoms with Crippen molar-refractivity contribution in [3.8, 4) is 0 Å². The van der Waals surface area contributed by atoms with Crippen molar-refractivity contribution < 1.29 is 17.6 Å². The summed E-state index contributed by atoms with van der Waals surface area (Å²) in [6, 6.07) is 2.10. The normalized spacial score (nSPS) is 16.8. The summed E-state index contributed by atoms with van der Waals surface area (Å²) in [7, 11) is 1.48. The molecule has 0 fully saturated rings. The number of alkyl halides is 4. The van der Waals surface area contributed by atoms with E-state index in [1.807, 2.05) is 26.0 Å². The number of hydrogen-bond acceptors (Lipinski definition) is 4. The van der Waals surface area contributed by atoms with Crippen molar-refractivity contribution in [2.75, 3.05) is 6.54 Å². The minimum absolute atomic E-state index is 0.123. The Balaban J connectivity index is 1.97. The molecule has 0 bridgehead atoms. The van der Waals surface area contributed by atoms with Crippen LogP contribution in [0.3, 0.4) is 0 Å². The summed E-state index contributed by atoms with van der Waals surface area (Å²) >= 11 is 0. The van der Waals surface area contributed by atoms with Crippen LogP contribution in [0.15, 0.2) is 40.8 Å². The Morgan fingerprint density at radius 2 is 1.88 bits per heavy atom. The number of allylic oxidation sites excluding steroid dienone is 1. The fourth-order valence-corrected chi connectivity index (χ4v) is 3.87. The van der Waals surface area contributed by atoms with Crippen molar-refractivity contribution in [2.45, 2.75) is 58.5 Å². The van der Waals surface area contributed by atoms with Gasteiger partial charge in [-0.05, 0) is 37.1 Å². The third kappa shape index (κ3) is 5.58. The van der Waals surface area contributed by atoms with E-state index in [1.54, 1.807) is 6.08 Å². The summed E-state index contributed by atoms with van der Waals surface area (Å²) < 4.78 is 56.4. The van der Waals surface area contributed by atoms with Crippen LogP contribution in [0.2, 0.25) is 0 Å². The zero-order valence-electron chi connectivity index (χ0n) is 19.4. The highest BCUT2D eigenvalue weighted by molar-refractivity contribution is 5.48. The van der Waals surface area contributed by atoms with E-state index in [-0.39, 0.29) is 17.4 Å². The second kappa shape index (κ2) is 9.21. The maximum Gasteiger partial charge on any atom is 0.287 e. The van der Waals surface area contributed by atoms with E-state index < -0.39 is 23.1 Å². The minimum Gasteiger partial charge on any atom is -0.296 e. The highest BCUT2D eigenvalue weighted by Crippen LogP contribution is 2.31. The molecule has 9 heteroatoms. The first-order valence-electron chi connectivity index (χ1n) is 10.7. The van der Waals surface area contributed by atoms with Gasteiger partial charge in [0.1, 0.15) is 11.5 Å². The van der Waals surface area contributed by atoms with Crippen LogP contribution >= 0.6 is 0 Å². The number of aromatic nitrogens is 3. The highest BCUT2D eigenvalue weighted by Gasteiger charge is 2.30. The van der Waals surface area contributed by atoms with Gasteiger partial charge >= 0.3 is 0 Å². The summed E-state index contributed by atoms with van der Waals surface area (Å²) in [5, 5.41) is 0. The van der Waals surface area contributed by atoms with Crippen LogP contribution in [0.25, 0.3) is 6.08 Å². The van der Waals surface area contributed by atoms with E-state index in [1.165, 1.54) is 23.9 Å². The molecule has 1 aliphatic rings. The molecule has 3 rings (SSSR count). The molecule has 0 amide bonds. The SMILES string of the molecule is C/C=C\C(/C(C)=C\c1nc(C(C)(F)F)cc(=O)n1C)N1CCc2ncc(C(C)(F)F)cc2C1. The van der Waals surface area contributed by atoms with Crippen molar-refractivity contribution >= 4 is 6.08 Å². The summed E-state index contributed by atoms with van der Waals surface area (Å²) in [6.45, 7) is 6.29. The van der Waals surface area contributed by atoms with E-state index >= 15 is 0 Å². The van der Waals surface area contributed by atoms with E-state index in [0.29, 0.717) is 26.4 Å². The molecule has 1 unspecified atom stereocenters. The molecule has 0 radical (unpaired) electrons. The van der Waals surface area contributed by atoms with Gasteiger partial charge in [-0.15, -0.1) is 0 Å². The molecule has 0 saturated carbocycles. The predicted octanol–water partition coefficient (Wildman–Crippen LogP) is 4.81. The van der Waals surface area contributed by atoms with Crippen LogP contribution in [-0.2, 0) is 31.9 Å². The molecular formula is C24H28F4N4O. The largest absolute Gasteiger partial charge is 0.296 e. The van der Waals surface area contributed by atoms with Crippen LogP contribution in [0, 0.1) is 0 Å². The lowest BCUT2D eigenvalue weighted by Gasteiger charge is -2.34. The minimum atomic E-state index is -3.24. The summed E-state index contributed by atoms with van der Waals surface area (Å²) in [6.07, 6.45) is 7.26. The van der Waals surface area contributed by atoms with Gasteiger partial charge in [0.2, 0.25) is 0 Å². The van der Waals surface area contributed by atoms with Crippen LogP contribution in [0.5, 0.6) is 0 Å². The summed E-state index contributed by atoms with van der Waals surface area (Å²) in [5.41, 5.74) is 1.02. The molecule has 0 saturated heterocycles. The lowest BCUT2D eigenvalue weighted by molar-refractivity contribution is 0.0122. The van der Waals surface area contributed by atoms with Gasteiger partial charge in [0, 0.05) is 70.0 Å². The molecule has 2 aromatic heterocycles. The lowest BCUT2D eigenvalue weighted by Crippen LogP contribution is -2.39. The van der Waals surface area contributed by atoms with Gasteiger partial charge in [-0.2, -0.15) is 8.78 Å². The Morgan fingerprint density at radius 3 is 2.48 bits per heavy atom. The first-order valence-corrected chi connectivity index (χ1v) is 10.7. The molecule has 1 atom stereocenters. The Morgan fingerprint density at radius 1 is 1.18 bits per heavy atom. The first kappa shape index (κ1) is 24.8. The van der Waals surface area contributed by atoms with Gasteiger partial charge < -0.3 is 0 Å². The third-order valence-corrected chi connectivity index (χ3v) is 5.79. The fourth-order valence-electron chi connectivity index (χ4n) is 3.87. The molecule has 3 heterocycles. The number of nitrogens with zero attached hydrogens (tertiary/aromatic N) is 4. The van der Waals surface area contributed by atoms with Crippen LogP contribution in [0.4, 0.5) is 17.6 Å². The summed E-state index contributed by atoms with van der Waals surface area (Å²) in [5.74, 6) is -6.10. The molecule has 0 spiro atoms. The Labute approximate surface area is 190 Å². The highest BCUT2D eigenvalue weighted by atomic mass is 19.3. The standard InChI is InChI=1S/C24H28F4N4O/c1-6-7-19(15(2)10-21-30-20(24(4,27)28)12-22(33)31(21)5)32-9-8-18-16(14-32)11-17(13-29-18)23(3,25)26/h6-7,10-13,19H,8-9,14H2,1-5H3/b7-6-,15-10-. The number of rotatable bonds is 6. The molecule has 2 aromatic rings. The Kier molecular flexibility index (Phi) is 6.93. The lowest BCUT2D eigenvalue weighted by atomic mass is 9.97. The fraction of sp³-hybridized carbons (Fsp3) is 0.458. The van der Waals surface area contributed by atoms with E-state index in [0.717, 1.165) is 29.8 Å². The average molecular weight is 465 g/mol. The third-order valence-electron chi connectivity index (χ3n) is 5.79. The van der Waals surface area contributed by atoms with Crippen LogP contribution < -0.4 is 5.56 Å². The molecule has 1 aliphatic heterocycles. The quantitative estimate of drug-likeness (QED) is 0.455. The predicted molar refractivity (Wildman–Crippen MR) is 119 cm³/mol. The molecule has 0 aromatic carbocycles. The van der Waals surface area contributed by atoms with Crippen molar-refractivity contribution in [3.05, 3.63) is 74.7 Å². The Hall–Kier alpha value is -2.81. The van der Waals surface area contributed by atoms with Crippen molar-refractivity contribution in [1.29, 1.82) is 0 Å². The number of pyridine rings is 1. The maximum absolute atomic E-state index is 13.8. The van der Waals surface area contributed by atoms with E-state index in [4.69, 9.17) is 0 Å². The second-order valence-corrected chi connectivity index (χ2v) is 8.58. The smallest absolute Gasteiger partial charge is 0.287 e. The average Bonchev–Trinajstić information content (AvgIpc) is 2.72. The van der Waals surface area contributed by atoms with Crippen molar-refractivity contribution in [2.24, 2.45) is 7.05 Å². The maximum atomic E-state index is 13.8. The summed E-state index contributed by atoms with van der Waals surface area (Å²) in [4.78, 5) is 22.5. The monoisotopic (exact) mass is 464 g/mol. The topological polar surface area (TPSA) is 51.0 Å². The number of hydrogen-bond donors (Lipinski definition) is 0. The molecule has 178 valence electrons. The van der Waals surface area contributed by atoms with Gasteiger partial charge in [-0.1, -0.05) is 12.2 Å². The van der Waals surface area contributed by atoms with Crippen LogP contribution in [0.1, 0.15) is 56.0 Å². The van der Waals surface area contributed by atoms with Crippen LogP contribution in [-0.4, -0.2) is 32.0 Å². The van der Waals surface area contributed by atoms with Gasteiger partial charge in [-0.3, -0.25) is 19.2 Å².